The number of fused-ring (bicyclic) bond motifs is 3. The summed E-state index contributed by atoms with van der Waals surface area (Å²) in [7, 11) is 0. The molecule has 1 aliphatic rings. The van der Waals surface area contributed by atoms with Gasteiger partial charge in [-0.3, -0.25) is 9.59 Å². The Balaban J connectivity index is 1.44. The van der Waals surface area contributed by atoms with Crippen molar-refractivity contribution < 1.29 is 14.3 Å². The first-order chi connectivity index (χ1) is 12.2. The normalized spacial score (nSPS) is 15.4. The zero-order chi connectivity index (χ0) is 17.2. The third-order valence-corrected chi connectivity index (χ3v) is 4.47. The third kappa shape index (κ3) is 2.98. The number of hydrogen-bond acceptors (Lipinski definition) is 3. The molecule has 1 amide bonds. The lowest BCUT2D eigenvalue weighted by atomic mass is 10.0. The van der Waals surface area contributed by atoms with Crippen LogP contribution in [0.1, 0.15) is 15.9 Å². The number of rotatable bonds is 4. The molecule has 0 radical (unpaired) electrons. The summed E-state index contributed by atoms with van der Waals surface area (Å²) in [4.78, 5) is 24.5. The summed E-state index contributed by atoms with van der Waals surface area (Å²) in [6.45, 7) is -0.0280. The van der Waals surface area contributed by atoms with E-state index in [9.17, 15) is 9.59 Å². The van der Waals surface area contributed by atoms with Gasteiger partial charge in [-0.05, 0) is 16.8 Å². The maximum Gasteiger partial charge on any atom is 0.261 e. The van der Waals surface area contributed by atoms with E-state index >= 15 is 0 Å². The quantitative estimate of drug-likeness (QED) is 0.747. The second-order valence-electron chi connectivity index (χ2n) is 6.08. The molecule has 124 valence electrons. The van der Waals surface area contributed by atoms with Crippen LogP contribution in [0.2, 0.25) is 0 Å². The van der Waals surface area contributed by atoms with Gasteiger partial charge in [-0.25, -0.2) is 0 Å². The number of carbonyl (C=O) groups excluding carboxylic acids is 2. The van der Waals surface area contributed by atoms with Crippen molar-refractivity contribution >= 4 is 22.5 Å². The van der Waals surface area contributed by atoms with Gasteiger partial charge in [-0.15, -0.1) is 0 Å². The Labute approximate surface area is 145 Å². The van der Waals surface area contributed by atoms with Gasteiger partial charge in [-0.1, -0.05) is 60.7 Å². The molecule has 0 unspecified atom stereocenters. The van der Waals surface area contributed by atoms with Crippen LogP contribution in [0.3, 0.4) is 0 Å². The van der Waals surface area contributed by atoms with Crippen LogP contribution in [0.4, 0.5) is 0 Å². The van der Waals surface area contributed by atoms with Gasteiger partial charge in [0.25, 0.3) is 5.91 Å². The van der Waals surface area contributed by atoms with Crippen molar-refractivity contribution in [2.24, 2.45) is 0 Å². The molecule has 4 rings (SSSR count). The van der Waals surface area contributed by atoms with Gasteiger partial charge < -0.3 is 10.1 Å². The summed E-state index contributed by atoms with van der Waals surface area (Å²) in [5.41, 5.74) is 1.64. The Morgan fingerprint density at radius 2 is 1.72 bits per heavy atom. The second kappa shape index (κ2) is 6.40. The van der Waals surface area contributed by atoms with E-state index in [1.54, 1.807) is 24.3 Å². The lowest BCUT2D eigenvalue weighted by molar-refractivity contribution is -0.127. The molecule has 0 fully saturated rings. The standard InChI is InChI=1S/C21H17NO3/c23-18(15-7-2-1-3-8-15)13-22-21(24)20-12-17-16-9-5-4-6-14(16)10-11-19(17)25-20/h1-11,20H,12-13H2,(H,22,24)/t20-/m1/s1. The first kappa shape index (κ1) is 15.4. The van der Waals surface area contributed by atoms with E-state index in [-0.39, 0.29) is 18.2 Å². The van der Waals surface area contributed by atoms with Crippen molar-refractivity contribution in [2.75, 3.05) is 6.54 Å². The van der Waals surface area contributed by atoms with Crippen LogP contribution in [0.25, 0.3) is 10.8 Å². The minimum atomic E-state index is -0.593. The number of Topliss-reactive ketones (excluding diaryl/α,β-unsaturated/α-hetero) is 1. The molecule has 1 N–H and O–H groups in total. The Morgan fingerprint density at radius 3 is 2.56 bits per heavy atom. The van der Waals surface area contributed by atoms with Gasteiger partial charge in [0.1, 0.15) is 5.75 Å². The van der Waals surface area contributed by atoms with Crippen molar-refractivity contribution in [1.29, 1.82) is 0 Å². The Hall–Kier alpha value is -3.14. The number of amides is 1. The largest absolute Gasteiger partial charge is 0.480 e. The number of benzene rings is 3. The van der Waals surface area contributed by atoms with Gasteiger partial charge in [0, 0.05) is 17.5 Å². The van der Waals surface area contributed by atoms with E-state index < -0.39 is 6.10 Å². The molecule has 1 atom stereocenters. The Morgan fingerprint density at radius 1 is 0.960 bits per heavy atom. The third-order valence-electron chi connectivity index (χ3n) is 4.47. The van der Waals surface area contributed by atoms with Crippen LogP contribution >= 0.6 is 0 Å². The zero-order valence-electron chi connectivity index (χ0n) is 13.6. The molecular weight excluding hydrogens is 314 g/mol. The first-order valence-electron chi connectivity index (χ1n) is 8.25. The molecule has 4 nitrogen and oxygen atoms in total. The highest BCUT2D eigenvalue weighted by Crippen LogP contribution is 2.34. The molecule has 4 heteroatoms. The zero-order valence-corrected chi connectivity index (χ0v) is 13.6. The van der Waals surface area contributed by atoms with Crippen LogP contribution in [0.15, 0.2) is 66.7 Å². The highest BCUT2D eigenvalue weighted by atomic mass is 16.5. The maximum atomic E-state index is 12.4. The lowest BCUT2D eigenvalue weighted by Gasteiger charge is -2.10. The minimum Gasteiger partial charge on any atom is -0.480 e. The van der Waals surface area contributed by atoms with Crippen LogP contribution in [0.5, 0.6) is 5.75 Å². The molecule has 0 aliphatic carbocycles. The average Bonchev–Trinajstić information content (AvgIpc) is 3.11. The highest BCUT2D eigenvalue weighted by molar-refractivity contribution is 6.00. The van der Waals surface area contributed by atoms with Crippen LogP contribution in [-0.4, -0.2) is 24.3 Å². The van der Waals surface area contributed by atoms with E-state index in [1.807, 2.05) is 42.5 Å². The van der Waals surface area contributed by atoms with Crippen molar-refractivity contribution in [3.05, 3.63) is 77.9 Å². The lowest BCUT2D eigenvalue weighted by Crippen LogP contribution is -2.40. The molecular formula is C21H17NO3. The smallest absolute Gasteiger partial charge is 0.261 e. The number of carbonyl (C=O) groups is 2. The van der Waals surface area contributed by atoms with Crippen LogP contribution in [-0.2, 0) is 11.2 Å². The van der Waals surface area contributed by atoms with Crippen molar-refractivity contribution in [3.8, 4) is 5.75 Å². The molecule has 25 heavy (non-hydrogen) atoms. The predicted molar refractivity (Wildman–Crippen MR) is 95.9 cm³/mol. The monoisotopic (exact) mass is 331 g/mol. The second-order valence-corrected chi connectivity index (χ2v) is 6.08. The van der Waals surface area contributed by atoms with E-state index in [2.05, 4.69) is 5.32 Å². The fourth-order valence-electron chi connectivity index (χ4n) is 3.17. The molecule has 0 bridgehead atoms. The van der Waals surface area contributed by atoms with E-state index in [0.717, 1.165) is 22.1 Å². The molecule has 3 aromatic rings. The Bertz CT molecular complexity index is 950. The average molecular weight is 331 g/mol. The summed E-state index contributed by atoms with van der Waals surface area (Å²) >= 11 is 0. The highest BCUT2D eigenvalue weighted by Gasteiger charge is 2.30. The van der Waals surface area contributed by atoms with Crippen molar-refractivity contribution in [3.63, 3.8) is 0 Å². The van der Waals surface area contributed by atoms with Crippen molar-refractivity contribution in [2.45, 2.75) is 12.5 Å². The molecule has 1 aliphatic heterocycles. The van der Waals surface area contributed by atoms with E-state index in [4.69, 9.17) is 4.74 Å². The molecule has 3 aromatic carbocycles. The van der Waals surface area contributed by atoms with E-state index in [1.165, 1.54) is 0 Å². The van der Waals surface area contributed by atoms with Gasteiger partial charge in [-0.2, -0.15) is 0 Å². The summed E-state index contributed by atoms with van der Waals surface area (Å²) in [5.74, 6) is 0.368. The summed E-state index contributed by atoms with van der Waals surface area (Å²) < 4.78 is 5.79. The van der Waals surface area contributed by atoms with Crippen molar-refractivity contribution in [1.82, 2.24) is 5.32 Å². The van der Waals surface area contributed by atoms with Gasteiger partial charge >= 0.3 is 0 Å². The minimum absolute atomic E-state index is 0.0280. The maximum absolute atomic E-state index is 12.4. The molecule has 0 spiro atoms. The van der Waals surface area contributed by atoms with Gasteiger partial charge in [0.15, 0.2) is 11.9 Å². The molecule has 0 saturated carbocycles. The molecule has 0 saturated heterocycles. The number of ether oxygens (including phenoxy) is 1. The van der Waals surface area contributed by atoms with Gasteiger partial charge in [0.2, 0.25) is 0 Å². The molecule has 0 aromatic heterocycles. The van der Waals surface area contributed by atoms with Crippen LogP contribution in [0, 0.1) is 0 Å². The summed E-state index contributed by atoms with van der Waals surface area (Å²) in [6, 6.07) is 20.9. The SMILES string of the molecule is O=C(CNC(=O)[C@H]1Cc2c(ccc3ccccc23)O1)c1ccccc1. The fraction of sp³-hybridized carbons (Fsp3) is 0.143. The van der Waals surface area contributed by atoms with E-state index in [0.29, 0.717) is 12.0 Å². The number of ketones is 1. The first-order valence-corrected chi connectivity index (χ1v) is 8.25. The summed E-state index contributed by atoms with van der Waals surface area (Å²) in [6.07, 6.45) is -0.0772. The number of nitrogens with one attached hydrogen (secondary N) is 1. The van der Waals surface area contributed by atoms with Gasteiger partial charge in [0.05, 0.1) is 6.54 Å². The topological polar surface area (TPSA) is 55.4 Å². The molecule has 1 heterocycles. The van der Waals surface area contributed by atoms with Crippen LogP contribution < -0.4 is 10.1 Å². The summed E-state index contributed by atoms with van der Waals surface area (Å²) in [5, 5.41) is 4.93. The predicted octanol–water partition coefficient (Wildman–Crippen LogP) is 3.14. The number of hydrogen-bond donors (Lipinski definition) is 1. The fourth-order valence-corrected chi connectivity index (χ4v) is 3.17. The Kier molecular flexibility index (Phi) is 3.94.